The molecule has 0 aliphatic heterocycles. The van der Waals surface area contributed by atoms with Crippen LogP contribution >= 0.6 is 11.8 Å². The lowest BCUT2D eigenvalue weighted by Crippen LogP contribution is -1.98. The summed E-state index contributed by atoms with van der Waals surface area (Å²) in [4.78, 5) is 8.23. The monoisotopic (exact) mass is 288 g/mol. The van der Waals surface area contributed by atoms with E-state index in [1.165, 1.54) is 24.9 Å². The van der Waals surface area contributed by atoms with Crippen LogP contribution in [0.25, 0.3) is 0 Å². The lowest BCUT2D eigenvalue weighted by atomic mass is 10.2. The van der Waals surface area contributed by atoms with Gasteiger partial charge >= 0.3 is 0 Å². The first-order chi connectivity index (χ1) is 9.66. The number of ether oxygens (including phenoxy) is 2. The van der Waals surface area contributed by atoms with Gasteiger partial charge in [0, 0.05) is 12.1 Å². The number of hydrogen-bond acceptors (Lipinski definition) is 7. The number of benzene rings is 1. The number of nitrogen functional groups attached to an aromatic ring is 1. The Kier molecular flexibility index (Phi) is 4.27. The van der Waals surface area contributed by atoms with Crippen LogP contribution in [0.4, 0.5) is 5.82 Å². The van der Waals surface area contributed by atoms with Crippen molar-refractivity contribution in [3.63, 3.8) is 0 Å². The third-order valence-corrected chi connectivity index (χ3v) is 2.94. The maximum Gasteiger partial charge on any atom is 0.225 e. The van der Waals surface area contributed by atoms with E-state index in [9.17, 15) is 0 Å². The highest BCUT2D eigenvalue weighted by molar-refractivity contribution is 7.98. The molecule has 0 spiro atoms. The minimum absolute atomic E-state index is 0.324. The van der Waals surface area contributed by atoms with Crippen molar-refractivity contribution in [3.8, 4) is 23.4 Å². The molecule has 0 saturated carbocycles. The fourth-order valence-electron chi connectivity index (χ4n) is 1.50. The molecule has 102 valence electrons. The quantitative estimate of drug-likeness (QED) is 0.682. The molecule has 1 aromatic carbocycles. The molecule has 0 radical (unpaired) electrons. The Morgan fingerprint density at radius 3 is 2.70 bits per heavy atom. The van der Waals surface area contributed by atoms with Gasteiger partial charge in [0.25, 0.3) is 0 Å². The molecule has 0 saturated heterocycles. The smallest absolute Gasteiger partial charge is 0.225 e. The molecule has 2 N–H and O–H groups in total. The normalized spacial score (nSPS) is 9.85. The van der Waals surface area contributed by atoms with Crippen molar-refractivity contribution in [2.75, 3.05) is 19.1 Å². The largest absolute Gasteiger partial charge is 0.493 e. The maximum atomic E-state index is 8.86. The average molecular weight is 288 g/mol. The Balaban J connectivity index is 2.34. The van der Waals surface area contributed by atoms with Gasteiger partial charge in [-0.2, -0.15) is 10.2 Å². The molecule has 1 aromatic heterocycles. The zero-order chi connectivity index (χ0) is 14.5. The molecule has 0 amide bonds. The lowest BCUT2D eigenvalue weighted by molar-refractivity contribution is 0.372. The van der Waals surface area contributed by atoms with E-state index in [1.807, 2.05) is 12.3 Å². The van der Waals surface area contributed by atoms with Crippen molar-refractivity contribution in [3.05, 3.63) is 29.8 Å². The predicted molar refractivity (Wildman–Crippen MR) is 76.0 cm³/mol. The highest BCUT2D eigenvalue weighted by Gasteiger charge is 2.09. The van der Waals surface area contributed by atoms with Gasteiger partial charge in [0.1, 0.15) is 5.82 Å². The van der Waals surface area contributed by atoms with E-state index in [0.29, 0.717) is 33.9 Å². The summed E-state index contributed by atoms with van der Waals surface area (Å²) in [6, 6.07) is 8.44. The van der Waals surface area contributed by atoms with Gasteiger partial charge in [-0.15, -0.1) is 0 Å². The third kappa shape index (κ3) is 3.10. The molecule has 7 heteroatoms. The third-order valence-electron chi connectivity index (χ3n) is 2.39. The van der Waals surface area contributed by atoms with Crippen LogP contribution < -0.4 is 15.2 Å². The second kappa shape index (κ2) is 6.12. The van der Waals surface area contributed by atoms with Crippen LogP contribution in [0.2, 0.25) is 0 Å². The number of hydrogen-bond donors (Lipinski definition) is 1. The fraction of sp³-hybridized carbons (Fsp3) is 0.154. The summed E-state index contributed by atoms with van der Waals surface area (Å²) in [7, 11) is 1.50. The molecule has 20 heavy (non-hydrogen) atoms. The topological polar surface area (TPSA) is 94.0 Å². The Bertz CT molecular complexity index is 670. The van der Waals surface area contributed by atoms with E-state index in [-0.39, 0.29) is 0 Å². The van der Waals surface area contributed by atoms with Crippen LogP contribution in [0.5, 0.6) is 17.4 Å². The molecule has 2 aromatic rings. The summed E-state index contributed by atoms with van der Waals surface area (Å²) in [6.07, 6.45) is 1.85. The molecule has 0 aliphatic carbocycles. The minimum atomic E-state index is 0.324. The van der Waals surface area contributed by atoms with Gasteiger partial charge in [-0.25, -0.2) is 4.98 Å². The number of methoxy groups -OCH3 is 1. The van der Waals surface area contributed by atoms with E-state index in [0.717, 1.165) is 0 Å². The summed E-state index contributed by atoms with van der Waals surface area (Å²) in [6.45, 7) is 0. The average Bonchev–Trinajstić information content (AvgIpc) is 2.47. The standard InChI is InChI=1S/C13H12N4O2S/c1-18-10-5-8(7-14)3-4-9(10)19-12-6-11(15)16-13(17-12)20-2/h3-6H,1-2H3,(H2,15,16,17). The zero-order valence-corrected chi connectivity index (χ0v) is 11.8. The van der Waals surface area contributed by atoms with Gasteiger partial charge < -0.3 is 15.2 Å². The molecule has 6 nitrogen and oxygen atoms in total. The summed E-state index contributed by atoms with van der Waals surface area (Å²) >= 11 is 1.37. The number of aromatic nitrogens is 2. The van der Waals surface area contributed by atoms with Gasteiger partial charge in [0.05, 0.1) is 18.7 Å². The maximum absolute atomic E-state index is 8.86. The Labute approximate surface area is 120 Å². The van der Waals surface area contributed by atoms with E-state index >= 15 is 0 Å². The minimum Gasteiger partial charge on any atom is -0.493 e. The van der Waals surface area contributed by atoms with Crippen molar-refractivity contribution < 1.29 is 9.47 Å². The first-order valence-electron chi connectivity index (χ1n) is 5.61. The van der Waals surface area contributed by atoms with Crippen molar-refractivity contribution in [2.45, 2.75) is 5.16 Å². The van der Waals surface area contributed by atoms with Gasteiger partial charge in [-0.05, 0) is 18.4 Å². The number of rotatable bonds is 4. The molecule has 0 fully saturated rings. The molecule has 0 atom stereocenters. The van der Waals surface area contributed by atoms with E-state index < -0.39 is 0 Å². The summed E-state index contributed by atoms with van der Waals surface area (Å²) in [5, 5.41) is 9.38. The van der Waals surface area contributed by atoms with Gasteiger partial charge in [-0.3, -0.25) is 0 Å². The highest BCUT2D eigenvalue weighted by atomic mass is 32.2. The van der Waals surface area contributed by atoms with E-state index in [2.05, 4.69) is 9.97 Å². The molecule has 0 unspecified atom stereocenters. The molecule has 0 aliphatic rings. The fourth-order valence-corrected chi connectivity index (χ4v) is 1.88. The predicted octanol–water partition coefficient (Wildman–Crippen LogP) is 2.45. The number of anilines is 1. The van der Waals surface area contributed by atoms with Gasteiger partial charge in [0.2, 0.25) is 5.88 Å². The summed E-state index contributed by atoms with van der Waals surface area (Å²) in [5.74, 6) is 1.56. The molecule has 1 heterocycles. The molecule has 2 rings (SSSR count). The first kappa shape index (κ1) is 14.0. The lowest BCUT2D eigenvalue weighted by Gasteiger charge is -2.10. The highest BCUT2D eigenvalue weighted by Crippen LogP contribution is 2.32. The molecular weight excluding hydrogens is 276 g/mol. The number of nitriles is 1. The van der Waals surface area contributed by atoms with E-state index in [1.54, 1.807) is 18.2 Å². The van der Waals surface area contributed by atoms with Crippen molar-refractivity contribution in [1.29, 1.82) is 5.26 Å². The van der Waals surface area contributed by atoms with Crippen molar-refractivity contribution >= 4 is 17.6 Å². The zero-order valence-electron chi connectivity index (χ0n) is 11.0. The molecule has 0 bridgehead atoms. The summed E-state index contributed by atoms with van der Waals surface area (Å²) < 4.78 is 10.8. The molecular formula is C13H12N4O2S. The van der Waals surface area contributed by atoms with Gasteiger partial charge in [-0.1, -0.05) is 11.8 Å². The van der Waals surface area contributed by atoms with Crippen LogP contribution in [0.3, 0.4) is 0 Å². The van der Waals surface area contributed by atoms with Crippen LogP contribution in [0.15, 0.2) is 29.4 Å². The Morgan fingerprint density at radius 1 is 1.25 bits per heavy atom. The van der Waals surface area contributed by atoms with Crippen LogP contribution in [-0.4, -0.2) is 23.3 Å². The second-order valence-corrected chi connectivity index (χ2v) is 4.47. The Hall–Kier alpha value is -2.46. The van der Waals surface area contributed by atoms with Crippen LogP contribution in [-0.2, 0) is 0 Å². The SMILES string of the molecule is COc1cc(C#N)ccc1Oc1cc(N)nc(SC)n1. The number of thioether (sulfide) groups is 1. The Morgan fingerprint density at radius 2 is 2.05 bits per heavy atom. The number of nitrogens with zero attached hydrogens (tertiary/aromatic N) is 3. The van der Waals surface area contributed by atoms with E-state index in [4.69, 9.17) is 20.5 Å². The van der Waals surface area contributed by atoms with Crippen molar-refractivity contribution in [2.24, 2.45) is 0 Å². The second-order valence-electron chi connectivity index (χ2n) is 3.70. The number of nitrogens with two attached hydrogens (primary N) is 1. The first-order valence-corrected chi connectivity index (χ1v) is 6.83. The van der Waals surface area contributed by atoms with Crippen LogP contribution in [0, 0.1) is 11.3 Å². The summed E-state index contributed by atoms with van der Waals surface area (Å²) in [5.41, 5.74) is 6.17. The van der Waals surface area contributed by atoms with Gasteiger partial charge in [0.15, 0.2) is 16.7 Å². The van der Waals surface area contributed by atoms with Crippen LogP contribution in [0.1, 0.15) is 5.56 Å². The van der Waals surface area contributed by atoms with Crippen molar-refractivity contribution in [1.82, 2.24) is 9.97 Å².